The van der Waals surface area contributed by atoms with Gasteiger partial charge in [0, 0.05) is 49.7 Å². The van der Waals surface area contributed by atoms with Crippen molar-refractivity contribution in [3.8, 4) is 22.5 Å². The predicted molar refractivity (Wildman–Crippen MR) is 119 cm³/mol. The molecule has 4 heterocycles. The second kappa shape index (κ2) is 9.18. The molecule has 28 heavy (non-hydrogen) atoms. The average molecular weight is 414 g/mol. The highest BCUT2D eigenvalue weighted by atomic mass is 32.2. The average Bonchev–Trinajstić information content (AvgIpc) is 3.26. The Labute approximate surface area is 173 Å². The summed E-state index contributed by atoms with van der Waals surface area (Å²) < 4.78 is 7.44. The van der Waals surface area contributed by atoms with Crippen LogP contribution in [0.25, 0.3) is 32.7 Å². The number of hydrogen-bond acceptors (Lipinski definition) is 7. The molecular weight excluding hydrogens is 390 g/mol. The number of anilines is 1. The second-order valence-corrected chi connectivity index (χ2v) is 7.93. The molecule has 146 valence electrons. The van der Waals surface area contributed by atoms with Crippen LogP contribution >= 0.6 is 24.0 Å². The zero-order chi connectivity index (χ0) is 20.1. The number of imidazole rings is 1. The summed E-state index contributed by atoms with van der Waals surface area (Å²) >= 11 is 5.95. The Hall–Kier alpha value is -2.42. The van der Waals surface area contributed by atoms with E-state index in [9.17, 15) is 0 Å². The number of aromatic nitrogens is 4. The summed E-state index contributed by atoms with van der Waals surface area (Å²) in [5.41, 5.74) is 10.7. The molecule has 0 atom stereocenters. The largest absolute Gasteiger partial charge is 0.397 e. The number of nitrogen functional groups attached to an aromatic ring is 1. The van der Waals surface area contributed by atoms with Crippen LogP contribution in [0.3, 0.4) is 0 Å². The Bertz CT molecular complexity index is 1060. The molecule has 4 aromatic rings. The highest BCUT2D eigenvalue weighted by Gasteiger charge is 2.17. The van der Waals surface area contributed by atoms with E-state index >= 15 is 0 Å². The monoisotopic (exact) mass is 413 g/mol. The molecule has 2 N–H and O–H groups in total. The highest BCUT2D eigenvalue weighted by Crippen LogP contribution is 2.42. The van der Waals surface area contributed by atoms with Gasteiger partial charge in [0.2, 0.25) is 0 Å². The van der Waals surface area contributed by atoms with Crippen molar-refractivity contribution in [3.05, 3.63) is 43.1 Å². The van der Waals surface area contributed by atoms with Gasteiger partial charge in [-0.1, -0.05) is 6.92 Å². The van der Waals surface area contributed by atoms with Crippen LogP contribution in [0.15, 0.2) is 47.3 Å². The van der Waals surface area contributed by atoms with Gasteiger partial charge in [-0.05, 0) is 24.6 Å². The molecule has 0 fully saturated rings. The number of ether oxygens (including phenoxy) is 1. The molecule has 0 aliphatic rings. The van der Waals surface area contributed by atoms with Crippen LogP contribution in [0.4, 0.5) is 5.69 Å². The van der Waals surface area contributed by atoms with Crippen LogP contribution in [0, 0.1) is 0 Å². The van der Waals surface area contributed by atoms with Crippen molar-refractivity contribution in [1.29, 1.82) is 0 Å². The zero-order valence-electron chi connectivity index (χ0n) is 16.1. The molecule has 4 aromatic heterocycles. The number of nitrogens with two attached hydrogens (primary N) is 1. The van der Waals surface area contributed by atoms with Gasteiger partial charge in [0.25, 0.3) is 0 Å². The maximum atomic E-state index is 6.24. The van der Waals surface area contributed by atoms with Crippen molar-refractivity contribution in [2.24, 2.45) is 7.05 Å². The molecule has 0 aromatic carbocycles. The van der Waals surface area contributed by atoms with E-state index in [-0.39, 0.29) is 0 Å². The van der Waals surface area contributed by atoms with Crippen LogP contribution in [-0.4, -0.2) is 33.2 Å². The van der Waals surface area contributed by atoms with Gasteiger partial charge in [-0.3, -0.25) is 4.98 Å². The van der Waals surface area contributed by atoms with Gasteiger partial charge in [-0.2, -0.15) is 0 Å². The van der Waals surface area contributed by atoms with E-state index in [0.717, 1.165) is 50.0 Å². The summed E-state index contributed by atoms with van der Waals surface area (Å²) in [5.74, 6) is 0. The Morgan fingerprint density at radius 3 is 2.68 bits per heavy atom. The molecule has 0 saturated carbocycles. The number of nitrogens with zero attached hydrogens (tertiary/aromatic N) is 4. The van der Waals surface area contributed by atoms with Crippen molar-refractivity contribution in [3.63, 3.8) is 0 Å². The number of aryl methyl sites for hydroxylation is 1. The molecule has 0 aliphatic carbocycles. The standard InChI is InChI=1S/C16H13N5S2.C4H10O/c1-21-8-19-7-12(21)10-5-11(9-3-2-4-18-6-9)20-15-13(10)14(17)16(22)23-15;1-3-4-5-2/h2-8,22H,17H2,1H3;3-4H2,1-2H3. The number of methoxy groups -OCH3 is 1. The fourth-order valence-corrected chi connectivity index (χ4v) is 4.03. The number of thiophene rings is 1. The summed E-state index contributed by atoms with van der Waals surface area (Å²) in [7, 11) is 3.67. The van der Waals surface area contributed by atoms with Gasteiger partial charge in [-0.25, -0.2) is 9.97 Å². The molecule has 8 heteroatoms. The minimum atomic E-state index is 0.662. The summed E-state index contributed by atoms with van der Waals surface area (Å²) in [6.07, 6.45) is 8.28. The number of pyridine rings is 2. The third-order valence-electron chi connectivity index (χ3n) is 4.14. The zero-order valence-corrected chi connectivity index (χ0v) is 17.8. The summed E-state index contributed by atoms with van der Waals surface area (Å²) in [6, 6.07) is 5.93. The van der Waals surface area contributed by atoms with Gasteiger partial charge >= 0.3 is 0 Å². The number of thiol groups is 1. The van der Waals surface area contributed by atoms with E-state index in [1.807, 2.05) is 36.0 Å². The minimum Gasteiger partial charge on any atom is -0.397 e. The molecule has 0 unspecified atom stereocenters. The third kappa shape index (κ3) is 4.19. The smallest absolute Gasteiger partial charge is 0.127 e. The lowest BCUT2D eigenvalue weighted by Gasteiger charge is -2.08. The third-order valence-corrected chi connectivity index (χ3v) is 5.55. The van der Waals surface area contributed by atoms with Crippen LogP contribution in [0.1, 0.15) is 13.3 Å². The first-order valence-electron chi connectivity index (χ1n) is 8.84. The summed E-state index contributed by atoms with van der Waals surface area (Å²) in [5, 5.41) is 0.927. The lowest BCUT2D eigenvalue weighted by atomic mass is 10.1. The van der Waals surface area contributed by atoms with E-state index in [2.05, 4.69) is 29.5 Å². The second-order valence-electron chi connectivity index (χ2n) is 6.18. The number of fused-ring (bicyclic) bond motifs is 1. The first-order valence-corrected chi connectivity index (χ1v) is 10.1. The van der Waals surface area contributed by atoms with Gasteiger partial charge in [0.05, 0.1) is 33.8 Å². The van der Waals surface area contributed by atoms with E-state index in [0.29, 0.717) is 5.69 Å². The molecule has 4 rings (SSSR count). The van der Waals surface area contributed by atoms with Crippen LogP contribution in [0.2, 0.25) is 0 Å². The minimum absolute atomic E-state index is 0.662. The van der Waals surface area contributed by atoms with E-state index in [1.165, 1.54) is 11.3 Å². The first-order chi connectivity index (χ1) is 13.6. The summed E-state index contributed by atoms with van der Waals surface area (Å²) in [6.45, 7) is 2.98. The molecule has 0 bridgehead atoms. The maximum Gasteiger partial charge on any atom is 0.127 e. The molecule has 0 aliphatic heterocycles. The first kappa shape index (κ1) is 20.3. The van der Waals surface area contributed by atoms with Crippen LogP contribution in [0.5, 0.6) is 0 Å². The Kier molecular flexibility index (Phi) is 6.66. The van der Waals surface area contributed by atoms with Gasteiger partial charge in [0.15, 0.2) is 0 Å². The quantitative estimate of drug-likeness (QED) is 0.475. The molecule has 6 nitrogen and oxygen atoms in total. The number of hydrogen-bond donors (Lipinski definition) is 2. The fraction of sp³-hybridized carbons (Fsp3) is 0.250. The molecular formula is C20H23N5OS2. The Balaban J connectivity index is 0.000000403. The Morgan fingerprint density at radius 1 is 1.29 bits per heavy atom. The SMILES string of the molecule is CCCOC.Cn1cncc1-c1cc(-c2cccnc2)nc2sc(S)c(N)c12. The molecule has 0 amide bonds. The van der Waals surface area contributed by atoms with Crippen molar-refractivity contribution in [1.82, 2.24) is 19.5 Å². The molecule has 0 spiro atoms. The highest BCUT2D eigenvalue weighted by molar-refractivity contribution is 7.83. The van der Waals surface area contributed by atoms with Crippen molar-refractivity contribution >= 4 is 39.9 Å². The Morgan fingerprint density at radius 2 is 2.11 bits per heavy atom. The molecule has 0 radical (unpaired) electrons. The van der Waals surface area contributed by atoms with Gasteiger partial charge in [-0.15, -0.1) is 24.0 Å². The van der Waals surface area contributed by atoms with Crippen molar-refractivity contribution in [2.75, 3.05) is 19.5 Å². The van der Waals surface area contributed by atoms with E-state index in [4.69, 9.17) is 15.5 Å². The normalized spacial score (nSPS) is 10.7. The van der Waals surface area contributed by atoms with Crippen LogP contribution < -0.4 is 5.73 Å². The maximum absolute atomic E-state index is 6.24. The number of rotatable bonds is 4. The van der Waals surface area contributed by atoms with Crippen molar-refractivity contribution < 1.29 is 4.74 Å². The molecule has 0 saturated heterocycles. The van der Waals surface area contributed by atoms with Crippen molar-refractivity contribution in [2.45, 2.75) is 17.6 Å². The van der Waals surface area contributed by atoms with E-state index < -0.39 is 0 Å². The van der Waals surface area contributed by atoms with E-state index in [1.54, 1.807) is 25.8 Å². The topological polar surface area (TPSA) is 78.8 Å². The fourth-order valence-electron chi connectivity index (χ4n) is 2.79. The lowest BCUT2D eigenvalue weighted by Crippen LogP contribution is -1.94. The van der Waals surface area contributed by atoms with Gasteiger partial charge < -0.3 is 15.0 Å². The summed E-state index contributed by atoms with van der Waals surface area (Å²) in [4.78, 5) is 14.0. The lowest BCUT2D eigenvalue weighted by molar-refractivity contribution is 0.199. The van der Waals surface area contributed by atoms with Gasteiger partial charge in [0.1, 0.15) is 4.83 Å². The van der Waals surface area contributed by atoms with Crippen LogP contribution in [-0.2, 0) is 11.8 Å². The predicted octanol–water partition coefficient (Wildman–Crippen LogP) is 4.67.